The second kappa shape index (κ2) is 7.95. The van der Waals surface area contributed by atoms with Gasteiger partial charge < -0.3 is 4.74 Å². The first kappa shape index (κ1) is 14.8. The maximum absolute atomic E-state index is 8.74. The highest BCUT2D eigenvalue weighted by Gasteiger charge is 2.02. The third-order valence-corrected chi connectivity index (χ3v) is 2.77. The SMILES string of the molecule is CCCCCOc1cc(C=C(C#N)C#N)ccc1C. The molecule has 0 unspecified atom stereocenters. The van der Waals surface area contributed by atoms with E-state index < -0.39 is 0 Å². The molecule has 1 aromatic rings. The molecular weight excluding hydrogens is 236 g/mol. The van der Waals surface area contributed by atoms with Gasteiger partial charge in [-0.1, -0.05) is 31.9 Å². The molecule has 0 aliphatic carbocycles. The van der Waals surface area contributed by atoms with Crippen LogP contribution in [0.4, 0.5) is 0 Å². The fourth-order valence-corrected chi connectivity index (χ4v) is 1.65. The van der Waals surface area contributed by atoms with Crippen LogP contribution in [0.5, 0.6) is 5.75 Å². The van der Waals surface area contributed by atoms with E-state index in [2.05, 4.69) is 6.92 Å². The van der Waals surface area contributed by atoms with Crippen molar-refractivity contribution in [1.29, 1.82) is 10.5 Å². The van der Waals surface area contributed by atoms with Crippen molar-refractivity contribution in [3.63, 3.8) is 0 Å². The first-order valence-electron chi connectivity index (χ1n) is 6.46. The number of ether oxygens (including phenoxy) is 1. The summed E-state index contributed by atoms with van der Waals surface area (Å²) in [6.07, 6.45) is 4.93. The number of aryl methyl sites for hydroxylation is 1. The van der Waals surface area contributed by atoms with Gasteiger partial charge in [0.2, 0.25) is 0 Å². The summed E-state index contributed by atoms with van der Waals surface area (Å²) >= 11 is 0. The second-order valence-corrected chi connectivity index (χ2v) is 4.36. The highest BCUT2D eigenvalue weighted by molar-refractivity contribution is 5.63. The lowest BCUT2D eigenvalue weighted by Crippen LogP contribution is -1.98. The predicted molar refractivity (Wildman–Crippen MR) is 75.4 cm³/mol. The minimum Gasteiger partial charge on any atom is -0.493 e. The Labute approximate surface area is 114 Å². The average Bonchev–Trinajstić information content (AvgIpc) is 2.43. The summed E-state index contributed by atoms with van der Waals surface area (Å²) in [5.41, 5.74) is 1.97. The average molecular weight is 254 g/mol. The fraction of sp³-hybridized carbons (Fsp3) is 0.375. The summed E-state index contributed by atoms with van der Waals surface area (Å²) in [6.45, 7) is 4.84. The van der Waals surface area contributed by atoms with E-state index in [1.165, 1.54) is 6.42 Å². The van der Waals surface area contributed by atoms with Gasteiger partial charge in [0.05, 0.1) is 6.61 Å². The molecule has 19 heavy (non-hydrogen) atoms. The van der Waals surface area contributed by atoms with E-state index in [9.17, 15) is 0 Å². The van der Waals surface area contributed by atoms with Crippen LogP contribution in [0.1, 0.15) is 37.3 Å². The normalized spacial score (nSPS) is 9.26. The quantitative estimate of drug-likeness (QED) is 0.569. The molecule has 3 heteroatoms. The van der Waals surface area contributed by atoms with E-state index in [-0.39, 0.29) is 5.57 Å². The number of allylic oxidation sites excluding steroid dienone is 1. The lowest BCUT2D eigenvalue weighted by Gasteiger charge is -2.09. The first-order valence-corrected chi connectivity index (χ1v) is 6.46. The molecule has 3 nitrogen and oxygen atoms in total. The lowest BCUT2D eigenvalue weighted by molar-refractivity contribution is 0.304. The highest BCUT2D eigenvalue weighted by Crippen LogP contribution is 2.21. The Morgan fingerprint density at radius 2 is 2.00 bits per heavy atom. The van der Waals surface area contributed by atoms with Crippen molar-refractivity contribution < 1.29 is 4.74 Å². The molecule has 0 atom stereocenters. The van der Waals surface area contributed by atoms with Crippen LogP contribution >= 0.6 is 0 Å². The smallest absolute Gasteiger partial charge is 0.130 e. The standard InChI is InChI=1S/C16H18N2O/c1-3-4-5-8-19-16-10-14(7-6-13(16)2)9-15(11-17)12-18/h6-7,9-10H,3-5,8H2,1-2H3. The summed E-state index contributed by atoms with van der Waals surface area (Å²) in [5, 5.41) is 17.5. The Hall–Kier alpha value is -2.26. The molecular formula is C16H18N2O. The van der Waals surface area contributed by atoms with Crippen molar-refractivity contribution in [2.24, 2.45) is 0 Å². The van der Waals surface area contributed by atoms with Crippen molar-refractivity contribution in [3.05, 3.63) is 34.9 Å². The number of rotatable bonds is 6. The highest BCUT2D eigenvalue weighted by atomic mass is 16.5. The molecule has 0 bridgehead atoms. The summed E-state index contributed by atoms with van der Waals surface area (Å²) in [7, 11) is 0. The van der Waals surface area contributed by atoms with Crippen molar-refractivity contribution in [2.45, 2.75) is 33.1 Å². The summed E-state index contributed by atoms with van der Waals surface area (Å²) in [5.74, 6) is 0.820. The minimum absolute atomic E-state index is 0.0980. The zero-order valence-corrected chi connectivity index (χ0v) is 11.4. The lowest BCUT2D eigenvalue weighted by atomic mass is 10.1. The Morgan fingerprint density at radius 1 is 1.26 bits per heavy atom. The third-order valence-electron chi connectivity index (χ3n) is 2.77. The molecule has 0 saturated carbocycles. The van der Waals surface area contributed by atoms with Crippen LogP contribution in [0.15, 0.2) is 23.8 Å². The van der Waals surface area contributed by atoms with Gasteiger partial charge in [-0.25, -0.2) is 0 Å². The molecule has 0 aliphatic rings. The summed E-state index contributed by atoms with van der Waals surface area (Å²) in [4.78, 5) is 0. The van der Waals surface area contributed by atoms with Gasteiger partial charge in [-0.3, -0.25) is 0 Å². The van der Waals surface area contributed by atoms with Crippen LogP contribution in [0.3, 0.4) is 0 Å². The van der Waals surface area contributed by atoms with Crippen LogP contribution in [-0.2, 0) is 0 Å². The van der Waals surface area contributed by atoms with Crippen LogP contribution in [0.25, 0.3) is 6.08 Å². The Bertz CT molecular complexity index is 517. The summed E-state index contributed by atoms with van der Waals surface area (Å²) in [6, 6.07) is 9.39. The van der Waals surface area contributed by atoms with Crippen molar-refractivity contribution >= 4 is 6.08 Å². The number of hydrogen-bond acceptors (Lipinski definition) is 3. The molecule has 0 fully saturated rings. The van der Waals surface area contributed by atoms with E-state index in [0.717, 1.165) is 29.7 Å². The van der Waals surface area contributed by atoms with Gasteiger partial charge in [0.25, 0.3) is 0 Å². The van der Waals surface area contributed by atoms with Gasteiger partial charge in [0.15, 0.2) is 0 Å². The van der Waals surface area contributed by atoms with Crippen LogP contribution in [0, 0.1) is 29.6 Å². The number of hydrogen-bond donors (Lipinski definition) is 0. The van der Waals surface area contributed by atoms with E-state index in [1.807, 2.05) is 37.3 Å². The van der Waals surface area contributed by atoms with E-state index in [4.69, 9.17) is 15.3 Å². The topological polar surface area (TPSA) is 56.8 Å². The van der Waals surface area contributed by atoms with Gasteiger partial charge in [0, 0.05) is 0 Å². The fourth-order valence-electron chi connectivity index (χ4n) is 1.65. The largest absolute Gasteiger partial charge is 0.493 e. The van der Waals surface area contributed by atoms with Crippen molar-refractivity contribution in [2.75, 3.05) is 6.61 Å². The third kappa shape index (κ3) is 4.85. The van der Waals surface area contributed by atoms with Crippen molar-refractivity contribution in [3.8, 4) is 17.9 Å². The second-order valence-electron chi connectivity index (χ2n) is 4.36. The zero-order valence-electron chi connectivity index (χ0n) is 11.4. The zero-order chi connectivity index (χ0) is 14.1. The molecule has 98 valence electrons. The van der Waals surface area contributed by atoms with Crippen LogP contribution in [0.2, 0.25) is 0 Å². The van der Waals surface area contributed by atoms with Gasteiger partial charge in [-0.2, -0.15) is 10.5 Å². The van der Waals surface area contributed by atoms with Gasteiger partial charge in [-0.15, -0.1) is 0 Å². The maximum atomic E-state index is 8.74. The van der Waals surface area contributed by atoms with Crippen LogP contribution in [-0.4, -0.2) is 6.61 Å². The number of nitrogens with zero attached hydrogens (tertiary/aromatic N) is 2. The molecule has 0 spiro atoms. The Balaban J connectivity index is 2.81. The number of unbranched alkanes of at least 4 members (excludes halogenated alkanes) is 2. The summed E-state index contributed by atoms with van der Waals surface area (Å²) < 4.78 is 5.73. The molecule has 0 heterocycles. The number of nitriles is 2. The predicted octanol–water partition coefficient (Wildman–Crippen LogP) is 3.99. The van der Waals surface area contributed by atoms with E-state index >= 15 is 0 Å². The van der Waals surface area contributed by atoms with Gasteiger partial charge in [-0.05, 0) is 36.6 Å². The molecule has 0 radical (unpaired) electrons. The molecule has 0 aliphatic heterocycles. The Kier molecular flexibility index (Phi) is 6.19. The van der Waals surface area contributed by atoms with Crippen LogP contribution < -0.4 is 4.74 Å². The molecule has 1 rings (SSSR count). The maximum Gasteiger partial charge on any atom is 0.130 e. The Morgan fingerprint density at radius 3 is 2.63 bits per heavy atom. The first-order chi connectivity index (χ1) is 9.21. The monoisotopic (exact) mass is 254 g/mol. The molecule has 0 aromatic heterocycles. The van der Waals surface area contributed by atoms with Crippen molar-refractivity contribution in [1.82, 2.24) is 0 Å². The van der Waals surface area contributed by atoms with E-state index in [0.29, 0.717) is 6.61 Å². The molecule has 0 amide bonds. The van der Waals surface area contributed by atoms with E-state index in [1.54, 1.807) is 6.08 Å². The minimum atomic E-state index is 0.0980. The van der Waals surface area contributed by atoms with Gasteiger partial charge in [0.1, 0.15) is 23.5 Å². The molecule has 1 aromatic carbocycles. The number of benzene rings is 1. The molecule has 0 saturated heterocycles. The molecule has 0 N–H and O–H groups in total. The van der Waals surface area contributed by atoms with Gasteiger partial charge >= 0.3 is 0 Å².